The van der Waals surface area contributed by atoms with E-state index < -0.39 is 0 Å². The molecule has 1 aliphatic rings. The molecular weight excluding hydrogens is 218 g/mol. The number of rotatable bonds is 5. The molecule has 1 N–H and O–H groups in total. The minimum atomic E-state index is -0.118. The third-order valence-electron chi connectivity index (χ3n) is 4.24. The van der Waals surface area contributed by atoms with Gasteiger partial charge < -0.3 is 5.11 Å². The smallest absolute Gasteiger partial charge is 0.0609 e. The summed E-state index contributed by atoms with van der Waals surface area (Å²) >= 11 is 4.56. The summed E-state index contributed by atoms with van der Waals surface area (Å²) in [5.41, 5.74) is 0.260. The topological polar surface area (TPSA) is 23.5 Å². The normalized spacial score (nSPS) is 21.4. The van der Waals surface area contributed by atoms with Gasteiger partial charge in [0.15, 0.2) is 0 Å². The Morgan fingerprint density at radius 3 is 2.25 bits per heavy atom. The molecule has 0 aromatic carbocycles. The first-order valence-corrected chi connectivity index (χ1v) is 7.02. The fourth-order valence-electron chi connectivity index (χ4n) is 2.51. The molecule has 0 unspecified atom stereocenters. The van der Waals surface area contributed by atoms with E-state index in [-0.39, 0.29) is 12.1 Å². The molecule has 1 saturated carbocycles. The van der Waals surface area contributed by atoms with Gasteiger partial charge in [0.1, 0.15) is 0 Å². The van der Waals surface area contributed by atoms with E-state index in [0.29, 0.717) is 5.41 Å². The molecule has 0 spiro atoms. The molecule has 0 radical (unpaired) electrons. The highest BCUT2D eigenvalue weighted by atomic mass is 32.1. The third-order valence-corrected chi connectivity index (χ3v) is 4.91. The molecule has 96 valence electrons. The van der Waals surface area contributed by atoms with Gasteiger partial charge in [0, 0.05) is 12.1 Å². The molecule has 2 nitrogen and oxygen atoms in total. The van der Waals surface area contributed by atoms with Crippen molar-refractivity contribution < 1.29 is 5.11 Å². The van der Waals surface area contributed by atoms with Crippen LogP contribution in [-0.2, 0) is 0 Å². The van der Waals surface area contributed by atoms with Crippen LogP contribution in [0.15, 0.2) is 0 Å². The summed E-state index contributed by atoms with van der Waals surface area (Å²) in [5, 5.41) is 9.39. The Kier molecular flexibility index (Phi) is 5.14. The number of thiol groups is 1. The van der Waals surface area contributed by atoms with Crippen LogP contribution in [0.2, 0.25) is 0 Å². The van der Waals surface area contributed by atoms with Gasteiger partial charge in [-0.05, 0) is 44.9 Å². The highest BCUT2D eigenvalue weighted by molar-refractivity contribution is 7.80. The lowest BCUT2D eigenvalue weighted by Crippen LogP contribution is -2.50. The van der Waals surface area contributed by atoms with Crippen molar-refractivity contribution in [1.29, 1.82) is 0 Å². The summed E-state index contributed by atoms with van der Waals surface area (Å²) in [6.45, 7) is 5.47. The van der Waals surface area contributed by atoms with Gasteiger partial charge in [-0.1, -0.05) is 19.3 Å². The van der Waals surface area contributed by atoms with Crippen molar-refractivity contribution in [3.05, 3.63) is 0 Å². The predicted molar refractivity (Wildman–Crippen MR) is 73.2 cm³/mol. The molecule has 16 heavy (non-hydrogen) atoms. The summed E-state index contributed by atoms with van der Waals surface area (Å²) in [5.74, 6) is 0.971. The van der Waals surface area contributed by atoms with Crippen LogP contribution in [0.25, 0.3) is 0 Å². The first kappa shape index (κ1) is 14.3. The minimum absolute atomic E-state index is 0.118. The Bertz CT molecular complexity index is 212. The van der Waals surface area contributed by atoms with Crippen LogP contribution < -0.4 is 0 Å². The van der Waals surface area contributed by atoms with Gasteiger partial charge in [0.05, 0.1) is 6.61 Å². The number of likely N-dealkylation sites (N-methyl/N-ethyl adjacent to an activating group) is 1. The molecule has 0 heterocycles. The number of nitrogens with zero attached hydrogens (tertiary/aromatic N) is 1. The van der Waals surface area contributed by atoms with E-state index in [2.05, 4.69) is 38.4 Å². The Balaban J connectivity index is 2.62. The van der Waals surface area contributed by atoms with E-state index in [9.17, 15) is 5.11 Å². The summed E-state index contributed by atoms with van der Waals surface area (Å²) in [7, 11) is 2.12. The zero-order valence-electron chi connectivity index (χ0n) is 11.0. The van der Waals surface area contributed by atoms with Gasteiger partial charge in [-0.15, -0.1) is 0 Å². The van der Waals surface area contributed by atoms with Gasteiger partial charge in [-0.25, -0.2) is 0 Å². The molecule has 0 saturated heterocycles. The molecular formula is C13H27NOS. The highest BCUT2D eigenvalue weighted by Gasteiger charge is 2.35. The zero-order valence-corrected chi connectivity index (χ0v) is 11.9. The van der Waals surface area contributed by atoms with E-state index in [4.69, 9.17) is 0 Å². The summed E-state index contributed by atoms with van der Waals surface area (Å²) < 4.78 is 0. The molecule has 1 aliphatic carbocycles. The van der Waals surface area contributed by atoms with Crippen LogP contribution in [0, 0.1) is 5.41 Å². The average molecular weight is 245 g/mol. The zero-order chi connectivity index (χ0) is 12.2. The van der Waals surface area contributed by atoms with Gasteiger partial charge in [-0.3, -0.25) is 4.90 Å². The second kappa shape index (κ2) is 5.74. The van der Waals surface area contributed by atoms with E-state index in [1.165, 1.54) is 32.1 Å². The lowest BCUT2D eigenvalue weighted by atomic mass is 9.74. The molecule has 0 atom stereocenters. The van der Waals surface area contributed by atoms with Crippen molar-refractivity contribution in [2.45, 2.75) is 51.5 Å². The van der Waals surface area contributed by atoms with Crippen LogP contribution in [-0.4, -0.2) is 41.5 Å². The maximum atomic E-state index is 9.39. The molecule has 3 heteroatoms. The minimum Gasteiger partial charge on any atom is -0.394 e. The van der Waals surface area contributed by atoms with E-state index >= 15 is 0 Å². The first-order chi connectivity index (χ1) is 7.46. The number of hydrogen-bond acceptors (Lipinski definition) is 3. The predicted octanol–water partition coefficient (Wildman–Crippen LogP) is 2.57. The largest absolute Gasteiger partial charge is 0.394 e. The maximum absolute atomic E-state index is 9.39. The molecule has 0 amide bonds. The standard InChI is InChI=1S/C13H27NOS/c1-12(2,10-15)14(3)9-13(11-16)7-5-4-6-8-13/h15-16H,4-11H2,1-3H3. The van der Waals surface area contributed by atoms with Gasteiger partial charge in [0.25, 0.3) is 0 Å². The molecule has 1 rings (SSSR count). The lowest BCUT2D eigenvalue weighted by molar-refractivity contribution is 0.0350. The highest BCUT2D eigenvalue weighted by Crippen LogP contribution is 2.38. The Morgan fingerprint density at radius 2 is 1.81 bits per heavy atom. The lowest BCUT2D eigenvalue weighted by Gasteiger charge is -2.44. The van der Waals surface area contributed by atoms with Crippen molar-refractivity contribution in [3.63, 3.8) is 0 Å². The quantitative estimate of drug-likeness (QED) is 0.727. The third kappa shape index (κ3) is 3.38. The molecule has 0 aromatic rings. The van der Waals surface area contributed by atoms with Crippen LogP contribution in [0.3, 0.4) is 0 Å². The Labute approximate surface area is 106 Å². The fourth-order valence-corrected chi connectivity index (χ4v) is 2.92. The van der Waals surface area contributed by atoms with Crippen molar-refractivity contribution in [2.24, 2.45) is 5.41 Å². The van der Waals surface area contributed by atoms with Crippen molar-refractivity contribution >= 4 is 12.6 Å². The maximum Gasteiger partial charge on any atom is 0.0609 e. The Morgan fingerprint density at radius 1 is 1.25 bits per heavy atom. The van der Waals surface area contributed by atoms with E-state index in [1.807, 2.05) is 0 Å². The molecule has 1 fully saturated rings. The molecule has 0 aromatic heterocycles. The van der Waals surface area contributed by atoms with Crippen LogP contribution in [0.5, 0.6) is 0 Å². The van der Waals surface area contributed by atoms with Crippen molar-refractivity contribution in [1.82, 2.24) is 4.90 Å². The molecule has 0 aliphatic heterocycles. The number of aliphatic hydroxyl groups is 1. The van der Waals surface area contributed by atoms with E-state index in [0.717, 1.165) is 12.3 Å². The summed E-state index contributed by atoms with van der Waals surface area (Å²) in [4.78, 5) is 2.30. The average Bonchev–Trinajstić information content (AvgIpc) is 2.30. The van der Waals surface area contributed by atoms with Gasteiger partial charge in [-0.2, -0.15) is 12.6 Å². The SMILES string of the molecule is CN(CC1(CS)CCCCC1)C(C)(C)CO. The van der Waals surface area contributed by atoms with Crippen LogP contribution in [0.1, 0.15) is 46.0 Å². The monoisotopic (exact) mass is 245 g/mol. The second-order valence-electron chi connectivity index (χ2n) is 6.05. The van der Waals surface area contributed by atoms with Crippen molar-refractivity contribution in [2.75, 3.05) is 26.0 Å². The molecule has 0 bridgehead atoms. The van der Waals surface area contributed by atoms with Gasteiger partial charge >= 0.3 is 0 Å². The number of aliphatic hydroxyl groups excluding tert-OH is 1. The summed E-state index contributed by atoms with van der Waals surface area (Å²) in [6.07, 6.45) is 6.65. The second-order valence-corrected chi connectivity index (χ2v) is 6.36. The van der Waals surface area contributed by atoms with Crippen molar-refractivity contribution in [3.8, 4) is 0 Å². The first-order valence-electron chi connectivity index (χ1n) is 6.39. The van der Waals surface area contributed by atoms with E-state index in [1.54, 1.807) is 0 Å². The summed E-state index contributed by atoms with van der Waals surface area (Å²) in [6, 6.07) is 0. The van der Waals surface area contributed by atoms with Gasteiger partial charge in [0.2, 0.25) is 0 Å². The fraction of sp³-hybridized carbons (Fsp3) is 1.00. The van der Waals surface area contributed by atoms with Crippen LogP contribution >= 0.6 is 12.6 Å². The van der Waals surface area contributed by atoms with Crippen LogP contribution in [0.4, 0.5) is 0 Å². The Hall–Kier alpha value is 0.270. The number of hydrogen-bond donors (Lipinski definition) is 2.